The fourth-order valence-corrected chi connectivity index (χ4v) is 2.24. The maximum absolute atomic E-state index is 11.0. The van der Waals surface area contributed by atoms with Gasteiger partial charge in [-0.3, -0.25) is 14.6 Å². The van der Waals surface area contributed by atoms with Gasteiger partial charge in [-0.2, -0.15) is 0 Å². The Kier molecular flexibility index (Phi) is 4.74. The van der Waals surface area contributed by atoms with Gasteiger partial charge in [0.15, 0.2) is 0 Å². The van der Waals surface area contributed by atoms with Gasteiger partial charge in [0.05, 0.1) is 0 Å². The molecule has 15 heavy (non-hydrogen) atoms. The number of nitrogens with zero attached hydrogens (tertiary/aromatic N) is 2. The molecule has 0 N–H and O–H groups in total. The summed E-state index contributed by atoms with van der Waals surface area (Å²) in [5, 5.41) is 0. The van der Waals surface area contributed by atoms with Crippen molar-refractivity contribution >= 4 is 5.78 Å². The first-order valence-corrected chi connectivity index (χ1v) is 5.98. The minimum absolute atomic E-state index is 0.300. The summed E-state index contributed by atoms with van der Waals surface area (Å²) in [7, 11) is 0. The van der Waals surface area contributed by atoms with E-state index in [1.54, 1.807) is 6.92 Å². The van der Waals surface area contributed by atoms with E-state index in [1.807, 2.05) is 0 Å². The first-order valence-electron chi connectivity index (χ1n) is 5.98. The van der Waals surface area contributed by atoms with Crippen LogP contribution in [0.3, 0.4) is 0 Å². The van der Waals surface area contributed by atoms with Gasteiger partial charge in [0.2, 0.25) is 0 Å². The minimum Gasteiger partial charge on any atom is -0.300 e. The number of hydrogen-bond donors (Lipinski definition) is 0. The van der Waals surface area contributed by atoms with Gasteiger partial charge in [-0.05, 0) is 27.7 Å². The average Bonchev–Trinajstić information content (AvgIpc) is 2.17. The monoisotopic (exact) mass is 212 g/mol. The summed E-state index contributed by atoms with van der Waals surface area (Å²) in [6.45, 7) is 12.8. The van der Waals surface area contributed by atoms with E-state index in [2.05, 4.69) is 30.6 Å². The van der Waals surface area contributed by atoms with Crippen molar-refractivity contribution in [3.8, 4) is 0 Å². The van der Waals surface area contributed by atoms with Crippen LogP contribution in [0.5, 0.6) is 0 Å². The van der Waals surface area contributed by atoms with Crippen LogP contribution >= 0.6 is 0 Å². The fourth-order valence-electron chi connectivity index (χ4n) is 2.24. The Balaban J connectivity index is 2.33. The van der Waals surface area contributed by atoms with Gasteiger partial charge >= 0.3 is 0 Å². The molecule has 1 fully saturated rings. The van der Waals surface area contributed by atoms with Gasteiger partial charge in [-0.1, -0.05) is 0 Å². The average molecular weight is 212 g/mol. The van der Waals surface area contributed by atoms with Crippen LogP contribution in [-0.2, 0) is 4.79 Å². The van der Waals surface area contributed by atoms with E-state index in [0.29, 0.717) is 24.3 Å². The van der Waals surface area contributed by atoms with E-state index < -0.39 is 0 Å². The highest BCUT2D eigenvalue weighted by Crippen LogP contribution is 2.11. The van der Waals surface area contributed by atoms with Gasteiger partial charge in [-0.25, -0.2) is 0 Å². The lowest BCUT2D eigenvalue weighted by molar-refractivity contribution is -0.118. The molecule has 1 rings (SSSR count). The zero-order valence-corrected chi connectivity index (χ0v) is 10.5. The Hall–Kier alpha value is -0.410. The molecule has 0 aromatic carbocycles. The second-order valence-corrected chi connectivity index (χ2v) is 4.92. The summed E-state index contributed by atoms with van der Waals surface area (Å²) in [5.74, 6) is 0.300. The van der Waals surface area contributed by atoms with Crippen molar-refractivity contribution in [2.24, 2.45) is 0 Å². The van der Waals surface area contributed by atoms with Crippen LogP contribution in [0, 0.1) is 0 Å². The molecule has 0 aromatic heterocycles. The van der Waals surface area contributed by atoms with Crippen molar-refractivity contribution in [3.63, 3.8) is 0 Å². The quantitative estimate of drug-likeness (QED) is 0.703. The molecule has 3 nitrogen and oxygen atoms in total. The number of ketones is 1. The van der Waals surface area contributed by atoms with E-state index in [-0.39, 0.29) is 0 Å². The number of piperazine rings is 1. The van der Waals surface area contributed by atoms with E-state index in [1.165, 1.54) is 0 Å². The van der Waals surface area contributed by atoms with E-state index in [9.17, 15) is 4.79 Å². The van der Waals surface area contributed by atoms with Crippen molar-refractivity contribution in [2.45, 2.75) is 46.2 Å². The summed E-state index contributed by atoms with van der Waals surface area (Å²) in [6, 6.07) is 1.06. The Labute approximate surface area is 93.4 Å². The molecule has 0 aromatic rings. The van der Waals surface area contributed by atoms with Crippen molar-refractivity contribution in [1.29, 1.82) is 0 Å². The summed E-state index contributed by atoms with van der Waals surface area (Å²) in [4.78, 5) is 16.0. The van der Waals surface area contributed by atoms with Crippen LogP contribution < -0.4 is 0 Å². The van der Waals surface area contributed by atoms with Gasteiger partial charge in [0, 0.05) is 44.7 Å². The lowest BCUT2D eigenvalue weighted by Crippen LogP contribution is -2.51. The van der Waals surface area contributed by atoms with Crippen molar-refractivity contribution in [1.82, 2.24) is 9.80 Å². The number of rotatable bonds is 4. The third-order valence-electron chi connectivity index (χ3n) is 3.29. The highest BCUT2D eigenvalue weighted by atomic mass is 16.1. The lowest BCUT2D eigenvalue weighted by atomic mass is 10.1. The molecule has 0 spiro atoms. The summed E-state index contributed by atoms with van der Waals surface area (Å²) < 4.78 is 0. The van der Waals surface area contributed by atoms with Gasteiger partial charge in [-0.15, -0.1) is 0 Å². The second-order valence-electron chi connectivity index (χ2n) is 4.92. The highest BCUT2D eigenvalue weighted by Gasteiger charge is 2.22. The van der Waals surface area contributed by atoms with Crippen molar-refractivity contribution in [3.05, 3.63) is 0 Å². The number of carbonyl (C=O) groups is 1. The molecule has 1 aliphatic rings. The van der Waals surface area contributed by atoms with Gasteiger partial charge < -0.3 is 0 Å². The normalized spacial score (nSPS) is 21.9. The molecule has 0 radical (unpaired) electrons. The number of carbonyl (C=O) groups excluding carboxylic acids is 1. The molecule has 0 bridgehead atoms. The highest BCUT2D eigenvalue weighted by molar-refractivity contribution is 5.76. The number of hydrogen-bond acceptors (Lipinski definition) is 3. The summed E-state index contributed by atoms with van der Waals surface area (Å²) in [6.07, 6.45) is 0.696. The van der Waals surface area contributed by atoms with Gasteiger partial charge in [0.1, 0.15) is 5.78 Å². The summed E-state index contributed by atoms with van der Waals surface area (Å²) in [5.41, 5.74) is 0. The Morgan fingerprint density at radius 3 is 1.93 bits per heavy atom. The van der Waals surface area contributed by atoms with Crippen LogP contribution in [0.25, 0.3) is 0 Å². The molecule has 0 saturated carbocycles. The van der Waals surface area contributed by atoms with Crippen LogP contribution in [0.15, 0.2) is 0 Å². The molecule has 3 heteroatoms. The molecular weight excluding hydrogens is 188 g/mol. The summed E-state index contributed by atoms with van der Waals surface area (Å²) >= 11 is 0. The van der Waals surface area contributed by atoms with Crippen molar-refractivity contribution < 1.29 is 4.79 Å². The van der Waals surface area contributed by atoms with Crippen LogP contribution in [0.1, 0.15) is 34.1 Å². The largest absolute Gasteiger partial charge is 0.300 e. The first-order chi connectivity index (χ1) is 7.00. The first kappa shape index (κ1) is 12.7. The molecule has 1 saturated heterocycles. The molecule has 88 valence electrons. The molecule has 1 aliphatic heterocycles. The molecular formula is C12H24N2O. The maximum Gasteiger partial charge on any atom is 0.131 e. The van der Waals surface area contributed by atoms with E-state index >= 15 is 0 Å². The predicted octanol–water partition coefficient (Wildman–Crippen LogP) is 1.38. The van der Waals surface area contributed by atoms with E-state index in [4.69, 9.17) is 0 Å². The van der Waals surface area contributed by atoms with Crippen LogP contribution in [0.4, 0.5) is 0 Å². The third kappa shape index (κ3) is 3.92. The Bertz CT molecular complexity index is 208. The molecule has 1 unspecified atom stereocenters. The lowest BCUT2D eigenvalue weighted by Gasteiger charge is -2.39. The SMILES string of the molecule is CC(=O)CC(C)N1CCN(C(C)C)CC1. The standard InChI is InChI=1S/C12H24N2O/c1-10(2)13-5-7-14(8-6-13)11(3)9-12(4)15/h10-11H,5-9H2,1-4H3. The molecule has 1 heterocycles. The topological polar surface area (TPSA) is 23.6 Å². The fraction of sp³-hybridized carbons (Fsp3) is 0.917. The van der Waals surface area contributed by atoms with Crippen LogP contribution in [-0.4, -0.2) is 53.8 Å². The van der Waals surface area contributed by atoms with Crippen LogP contribution in [0.2, 0.25) is 0 Å². The molecule has 0 amide bonds. The smallest absolute Gasteiger partial charge is 0.131 e. The number of Topliss-reactive ketones (excluding diaryl/α,β-unsaturated/α-hetero) is 1. The zero-order valence-electron chi connectivity index (χ0n) is 10.5. The Morgan fingerprint density at radius 1 is 1.07 bits per heavy atom. The molecule has 0 aliphatic carbocycles. The molecule has 1 atom stereocenters. The van der Waals surface area contributed by atoms with E-state index in [0.717, 1.165) is 26.2 Å². The predicted molar refractivity (Wildman–Crippen MR) is 63.0 cm³/mol. The second kappa shape index (κ2) is 5.61. The van der Waals surface area contributed by atoms with Crippen molar-refractivity contribution in [2.75, 3.05) is 26.2 Å². The zero-order chi connectivity index (χ0) is 11.4. The third-order valence-corrected chi connectivity index (χ3v) is 3.29. The van der Waals surface area contributed by atoms with Gasteiger partial charge in [0.25, 0.3) is 0 Å². The Morgan fingerprint density at radius 2 is 1.53 bits per heavy atom. The maximum atomic E-state index is 11.0. The minimum atomic E-state index is 0.300.